The van der Waals surface area contributed by atoms with Gasteiger partial charge in [-0.15, -0.1) is 0 Å². The van der Waals surface area contributed by atoms with Crippen molar-refractivity contribution in [3.8, 4) is 6.07 Å². The van der Waals surface area contributed by atoms with Crippen LogP contribution in [0, 0.1) is 18.3 Å². The van der Waals surface area contributed by atoms with E-state index in [0.717, 1.165) is 0 Å². The molecule has 0 bridgehead atoms. The number of nitrogens with zero attached hydrogens (tertiary/aromatic N) is 2. The summed E-state index contributed by atoms with van der Waals surface area (Å²) in [6, 6.07) is 1.79. The summed E-state index contributed by atoms with van der Waals surface area (Å²) < 4.78 is 25.2. The number of hydrogen-bond acceptors (Lipinski definition) is 3. The summed E-state index contributed by atoms with van der Waals surface area (Å²) in [5.74, 6) is 0. The number of nitrogens with two attached hydrogens (primary N) is 1. The number of alkyl halides is 2. The molecule has 1 aromatic heterocycles. The Morgan fingerprint density at radius 1 is 1.64 bits per heavy atom. The van der Waals surface area contributed by atoms with Gasteiger partial charge in [0.15, 0.2) is 0 Å². The highest BCUT2D eigenvalue weighted by molar-refractivity contribution is 5.43. The molecule has 1 heterocycles. The van der Waals surface area contributed by atoms with Crippen LogP contribution < -0.4 is 5.73 Å². The van der Waals surface area contributed by atoms with Gasteiger partial charge in [0.2, 0.25) is 0 Å². The molecule has 0 spiro atoms. The minimum absolute atomic E-state index is 0.0775. The molecule has 0 aliphatic carbocycles. The van der Waals surface area contributed by atoms with Gasteiger partial charge in [0.1, 0.15) is 6.07 Å². The summed E-state index contributed by atoms with van der Waals surface area (Å²) >= 11 is 0. The van der Waals surface area contributed by atoms with Crippen LogP contribution in [0.3, 0.4) is 0 Å². The summed E-state index contributed by atoms with van der Waals surface area (Å²) in [6.45, 7) is 1.40. The lowest BCUT2D eigenvalue weighted by Gasteiger charge is -2.10. The Labute approximate surface area is 80.2 Å². The Morgan fingerprint density at radius 3 is 2.71 bits per heavy atom. The molecule has 5 heteroatoms. The summed E-state index contributed by atoms with van der Waals surface area (Å²) in [6.07, 6.45) is -1.38. The highest BCUT2D eigenvalue weighted by atomic mass is 19.3. The van der Waals surface area contributed by atoms with E-state index in [0.29, 0.717) is 0 Å². The van der Waals surface area contributed by atoms with Crippen molar-refractivity contribution < 1.29 is 8.78 Å². The number of pyridine rings is 1. The molecule has 74 valence electrons. The Balaban J connectivity index is 3.45. The van der Waals surface area contributed by atoms with E-state index in [9.17, 15) is 8.78 Å². The zero-order chi connectivity index (χ0) is 10.7. The summed E-state index contributed by atoms with van der Waals surface area (Å²) in [5.41, 5.74) is 5.64. The Bertz CT molecular complexity index is 382. The monoisotopic (exact) mass is 197 g/mol. The zero-order valence-corrected chi connectivity index (χ0v) is 7.59. The van der Waals surface area contributed by atoms with Gasteiger partial charge >= 0.3 is 0 Å². The minimum atomic E-state index is -2.64. The van der Waals surface area contributed by atoms with Crippen LogP contribution in [0.2, 0.25) is 0 Å². The second-order valence-electron chi connectivity index (χ2n) is 2.77. The molecule has 0 aliphatic heterocycles. The van der Waals surface area contributed by atoms with Crippen LogP contribution in [0.1, 0.15) is 28.8 Å². The first-order chi connectivity index (χ1) is 6.61. The molecule has 3 nitrogen and oxygen atoms in total. The number of nitriles is 1. The van der Waals surface area contributed by atoms with E-state index in [2.05, 4.69) is 4.98 Å². The fourth-order valence-corrected chi connectivity index (χ4v) is 1.28. The zero-order valence-electron chi connectivity index (χ0n) is 7.59. The van der Waals surface area contributed by atoms with Crippen LogP contribution in [0.4, 0.5) is 8.78 Å². The van der Waals surface area contributed by atoms with Gasteiger partial charge in [-0.05, 0) is 12.5 Å². The molecule has 0 unspecified atom stereocenters. The quantitative estimate of drug-likeness (QED) is 0.784. The third-order valence-corrected chi connectivity index (χ3v) is 1.97. The van der Waals surface area contributed by atoms with E-state index >= 15 is 0 Å². The number of aromatic nitrogens is 1. The third kappa shape index (κ3) is 1.70. The standard InChI is InChI=1S/C9H9F2N3/c1-5-8(9(10)11)7(3-13)6(2-12)4-14-5/h4,9H,3,13H2,1H3. The lowest BCUT2D eigenvalue weighted by atomic mass is 10.0. The van der Waals surface area contributed by atoms with E-state index in [4.69, 9.17) is 11.0 Å². The topological polar surface area (TPSA) is 62.7 Å². The van der Waals surface area contributed by atoms with Gasteiger partial charge in [0.25, 0.3) is 6.43 Å². The van der Waals surface area contributed by atoms with Gasteiger partial charge in [0, 0.05) is 24.0 Å². The van der Waals surface area contributed by atoms with E-state index in [-0.39, 0.29) is 28.9 Å². The van der Waals surface area contributed by atoms with Gasteiger partial charge in [-0.25, -0.2) is 8.78 Å². The first-order valence-corrected chi connectivity index (χ1v) is 3.98. The summed E-state index contributed by atoms with van der Waals surface area (Å²) in [7, 11) is 0. The van der Waals surface area contributed by atoms with Gasteiger partial charge in [0.05, 0.1) is 5.56 Å². The molecule has 0 radical (unpaired) electrons. The molecule has 2 N–H and O–H groups in total. The van der Waals surface area contributed by atoms with Gasteiger partial charge < -0.3 is 5.73 Å². The largest absolute Gasteiger partial charge is 0.326 e. The van der Waals surface area contributed by atoms with Crippen LogP contribution >= 0.6 is 0 Å². The van der Waals surface area contributed by atoms with Gasteiger partial charge in [-0.2, -0.15) is 5.26 Å². The third-order valence-electron chi connectivity index (χ3n) is 1.97. The summed E-state index contributed by atoms with van der Waals surface area (Å²) in [4.78, 5) is 3.72. The number of rotatable bonds is 2. The second-order valence-corrected chi connectivity index (χ2v) is 2.77. The molecule has 0 aliphatic rings. The van der Waals surface area contributed by atoms with Crippen LogP contribution in [-0.2, 0) is 6.54 Å². The number of halogens is 2. The number of aryl methyl sites for hydroxylation is 1. The van der Waals surface area contributed by atoms with E-state index in [1.54, 1.807) is 6.07 Å². The maximum absolute atomic E-state index is 12.6. The van der Waals surface area contributed by atoms with Crippen LogP contribution in [0.25, 0.3) is 0 Å². The molecule has 0 saturated carbocycles. The molecule has 0 saturated heterocycles. The fraction of sp³-hybridized carbons (Fsp3) is 0.333. The maximum atomic E-state index is 12.6. The Morgan fingerprint density at radius 2 is 2.29 bits per heavy atom. The molecule has 1 rings (SSSR count). The lowest BCUT2D eigenvalue weighted by Crippen LogP contribution is -2.08. The molecule has 0 amide bonds. The van der Waals surface area contributed by atoms with E-state index in [1.807, 2.05) is 0 Å². The van der Waals surface area contributed by atoms with Crippen LogP contribution in [0.5, 0.6) is 0 Å². The van der Waals surface area contributed by atoms with Crippen molar-refractivity contribution >= 4 is 0 Å². The van der Waals surface area contributed by atoms with Gasteiger partial charge in [-0.1, -0.05) is 0 Å². The molecule has 0 fully saturated rings. The van der Waals surface area contributed by atoms with Crippen molar-refractivity contribution in [2.45, 2.75) is 19.9 Å². The van der Waals surface area contributed by atoms with E-state index in [1.165, 1.54) is 13.1 Å². The van der Waals surface area contributed by atoms with Crippen molar-refractivity contribution in [2.24, 2.45) is 5.73 Å². The predicted octanol–water partition coefficient (Wildman–Crippen LogP) is 1.66. The molecule has 0 aromatic carbocycles. The lowest BCUT2D eigenvalue weighted by molar-refractivity contribution is 0.149. The molecular formula is C9H9F2N3. The van der Waals surface area contributed by atoms with Crippen molar-refractivity contribution in [1.82, 2.24) is 4.98 Å². The molecular weight excluding hydrogens is 188 g/mol. The first-order valence-electron chi connectivity index (χ1n) is 3.98. The highest BCUT2D eigenvalue weighted by Gasteiger charge is 2.18. The van der Waals surface area contributed by atoms with Crippen LogP contribution in [-0.4, -0.2) is 4.98 Å². The van der Waals surface area contributed by atoms with E-state index < -0.39 is 6.43 Å². The smallest absolute Gasteiger partial charge is 0.265 e. The van der Waals surface area contributed by atoms with Crippen molar-refractivity contribution in [3.05, 3.63) is 28.6 Å². The minimum Gasteiger partial charge on any atom is -0.326 e. The SMILES string of the molecule is Cc1ncc(C#N)c(CN)c1C(F)F. The highest BCUT2D eigenvalue weighted by Crippen LogP contribution is 2.26. The first kappa shape index (κ1) is 10.5. The average molecular weight is 197 g/mol. The van der Waals surface area contributed by atoms with Gasteiger partial charge in [-0.3, -0.25) is 4.98 Å². The fourth-order valence-electron chi connectivity index (χ4n) is 1.28. The Kier molecular flexibility index (Phi) is 3.10. The second kappa shape index (κ2) is 4.11. The van der Waals surface area contributed by atoms with Crippen molar-refractivity contribution in [2.75, 3.05) is 0 Å². The molecule has 1 aromatic rings. The molecule has 14 heavy (non-hydrogen) atoms. The van der Waals surface area contributed by atoms with Crippen LogP contribution in [0.15, 0.2) is 6.20 Å². The van der Waals surface area contributed by atoms with Crippen molar-refractivity contribution in [1.29, 1.82) is 5.26 Å². The normalized spacial score (nSPS) is 10.3. The van der Waals surface area contributed by atoms with Crippen molar-refractivity contribution in [3.63, 3.8) is 0 Å². The predicted molar refractivity (Wildman–Crippen MR) is 46.5 cm³/mol. The maximum Gasteiger partial charge on any atom is 0.265 e. The number of hydrogen-bond donors (Lipinski definition) is 1. The summed E-state index contributed by atoms with van der Waals surface area (Å²) in [5, 5.41) is 8.66. The average Bonchev–Trinajstić information content (AvgIpc) is 2.16. The Hall–Kier alpha value is -1.54. The molecule has 0 atom stereocenters.